The number of nitrogens with zero attached hydrogens (tertiary/aromatic N) is 1. The number of halogens is 1. The van der Waals surface area contributed by atoms with Crippen molar-refractivity contribution in [1.29, 1.82) is 5.26 Å². The summed E-state index contributed by atoms with van der Waals surface area (Å²) in [4.78, 5) is 12.6. The van der Waals surface area contributed by atoms with Gasteiger partial charge in [0.25, 0.3) is 5.91 Å². The molecule has 33 heavy (non-hydrogen) atoms. The minimum Gasteiger partial charge on any atom is -0.493 e. The number of nitrogens with one attached hydrogen (secondary N) is 1. The van der Waals surface area contributed by atoms with Crippen LogP contribution in [0.15, 0.2) is 60.2 Å². The average molecular weight is 461 g/mol. The second-order valence-electron chi connectivity index (χ2n) is 7.78. The van der Waals surface area contributed by atoms with Gasteiger partial charge in [-0.1, -0.05) is 53.1 Å². The molecule has 1 amide bonds. The van der Waals surface area contributed by atoms with Crippen LogP contribution < -0.4 is 14.8 Å². The van der Waals surface area contributed by atoms with Crippen molar-refractivity contribution >= 4 is 29.3 Å². The van der Waals surface area contributed by atoms with Crippen molar-refractivity contribution in [3.05, 3.63) is 93.0 Å². The molecule has 0 aliphatic heterocycles. The van der Waals surface area contributed by atoms with Gasteiger partial charge in [-0.25, -0.2) is 0 Å². The number of ether oxygens (including phenoxy) is 2. The fraction of sp³-hybridized carbons (Fsp3) is 0.185. The lowest BCUT2D eigenvalue weighted by Crippen LogP contribution is -2.13. The number of amides is 1. The zero-order valence-corrected chi connectivity index (χ0v) is 19.8. The van der Waals surface area contributed by atoms with Gasteiger partial charge in [0.2, 0.25) is 0 Å². The largest absolute Gasteiger partial charge is 0.493 e. The van der Waals surface area contributed by atoms with Crippen LogP contribution in [0.2, 0.25) is 5.02 Å². The minimum atomic E-state index is -0.522. The zero-order valence-electron chi connectivity index (χ0n) is 19.0. The Morgan fingerprint density at radius 2 is 1.76 bits per heavy atom. The summed E-state index contributed by atoms with van der Waals surface area (Å²) < 4.78 is 11.4. The van der Waals surface area contributed by atoms with Gasteiger partial charge in [-0.2, -0.15) is 5.26 Å². The van der Waals surface area contributed by atoms with E-state index in [1.165, 1.54) is 17.2 Å². The lowest BCUT2D eigenvalue weighted by atomic mass is 10.1. The molecule has 168 valence electrons. The van der Waals surface area contributed by atoms with E-state index in [1.807, 2.05) is 13.0 Å². The number of nitriles is 1. The van der Waals surface area contributed by atoms with Crippen LogP contribution >= 0.6 is 11.6 Å². The van der Waals surface area contributed by atoms with Gasteiger partial charge in [0, 0.05) is 10.7 Å². The minimum absolute atomic E-state index is 0.0438. The molecule has 1 N–H and O–H groups in total. The molecule has 0 saturated carbocycles. The number of hydrogen-bond donors (Lipinski definition) is 1. The van der Waals surface area contributed by atoms with Gasteiger partial charge in [-0.3, -0.25) is 4.79 Å². The molecule has 0 aliphatic carbocycles. The van der Waals surface area contributed by atoms with Crippen LogP contribution in [0.25, 0.3) is 6.08 Å². The van der Waals surface area contributed by atoms with Crippen molar-refractivity contribution in [2.24, 2.45) is 0 Å². The van der Waals surface area contributed by atoms with Crippen molar-refractivity contribution in [2.75, 3.05) is 12.4 Å². The third-order valence-corrected chi connectivity index (χ3v) is 5.38. The van der Waals surface area contributed by atoms with Crippen LogP contribution in [-0.2, 0) is 11.4 Å². The first-order valence-corrected chi connectivity index (χ1v) is 10.7. The van der Waals surface area contributed by atoms with E-state index in [0.29, 0.717) is 34.4 Å². The average Bonchev–Trinajstić information content (AvgIpc) is 2.78. The summed E-state index contributed by atoms with van der Waals surface area (Å²) in [6.45, 7) is 6.37. The molecular weight excluding hydrogens is 436 g/mol. The maximum atomic E-state index is 12.6. The predicted octanol–water partition coefficient (Wildman–Crippen LogP) is 6.40. The fourth-order valence-corrected chi connectivity index (χ4v) is 3.57. The molecule has 3 rings (SSSR count). The van der Waals surface area contributed by atoms with E-state index in [2.05, 4.69) is 37.4 Å². The first-order valence-electron chi connectivity index (χ1n) is 10.4. The quantitative estimate of drug-likeness (QED) is 0.327. The van der Waals surface area contributed by atoms with Crippen molar-refractivity contribution in [2.45, 2.75) is 27.4 Å². The Morgan fingerprint density at radius 3 is 2.39 bits per heavy atom. The van der Waals surface area contributed by atoms with Crippen LogP contribution in [0.5, 0.6) is 11.5 Å². The van der Waals surface area contributed by atoms with Crippen molar-refractivity contribution in [3.8, 4) is 17.6 Å². The van der Waals surface area contributed by atoms with Crippen molar-refractivity contribution in [3.63, 3.8) is 0 Å². The Labute approximate surface area is 199 Å². The van der Waals surface area contributed by atoms with Crippen molar-refractivity contribution in [1.82, 2.24) is 0 Å². The number of hydrogen-bond acceptors (Lipinski definition) is 4. The Bertz CT molecular complexity index is 1240. The van der Waals surface area contributed by atoms with E-state index in [-0.39, 0.29) is 5.57 Å². The second kappa shape index (κ2) is 10.7. The van der Waals surface area contributed by atoms with Gasteiger partial charge in [0.05, 0.1) is 7.11 Å². The molecule has 3 aromatic rings. The van der Waals surface area contributed by atoms with E-state index in [1.54, 1.807) is 43.5 Å². The lowest BCUT2D eigenvalue weighted by molar-refractivity contribution is -0.112. The number of aryl methyl sites for hydroxylation is 3. The SMILES string of the molecule is COc1cc(/C=C(\C#N)C(=O)Nc2ccc(C)c(Cl)c2)ccc1OCc1cc(C)cc(C)c1. The molecule has 0 saturated heterocycles. The summed E-state index contributed by atoms with van der Waals surface area (Å²) in [6.07, 6.45) is 1.50. The molecule has 0 unspecified atom stereocenters. The molecule has 0 aromatic heterocycles. The molecular formula is C27H25ClN2O3. The third-order valence-electron chi connectivity index (χ3n) is 4.97. The molecule has 6 heteroatoms. The van der Waals surface area contributed by atoms with E-state index >= 15 is 0 Å². The van der Waals surface area contributed by atoms with E-state index < -0.39 is 5.91 Å². The van der Waals surface area contributed by atoms with E-state index in [0.717, 1.165) is 11.1 Å². The summed E-state index contributed by atoms with van der Waals surface area (Å²) in [5.41, 5.74) is 5.43. The first-order chi connectivity index (χ1) is 15.8. The molecule has 5 nitrogen and oxygen atoms in total. The van der Waals surface area contributed by atoms with Gasteiger partial charge in [-0.05, 0) is 67.8 Å². The zero-order chi connectivity index (χ0) is 24.0. The molecule has 0 spiro atoms. The Hall–Kier alpha value is -3.75. The normalized spacial score (nSPS) is 11.0. The van der Waals surface area contributed by atoms with E-state index in [9.17, 15) is 10.1 Å². The van der Waals surface area contributed by atoms with Crippen LogP contribution in [0.4, 0.5) is 5.69 Å². The summed E-state index contributed by atoms with van der Waals surface area (Å²) in [5, 5.41) is 12.7. The van der Waals surface area contributed by atoms with E-state index in [4.69, 9.17) is 21.1 Å². The molecule has 0 heterocycles. The lowest BCUT2D eigenvalue weighted by Gasteiger charge is -2.12. The number of rotatable bonds is 7. The van der Waals surface area contributed by atoms with Crippen LogP contribution in [0, 0.1) is 32.1 Å². The predicted molar refractivity (Wildman–Crippen MR) is 132 cm³/mol. The summed E-state index contributed by atoms with van der Waals surface area (Å²) >= 11 is 6.11. The summed E-state index contributed by atoms with van der Waals surface area (Å²) in [6, 6.07) is 18.7. The van der Waals surface area contributed by atoms with Gasteiger partial charge in [0.1, 0.15) is 18.2 Å². The Balaban J connectivity index is 1.76. The number of carbonyl (C=O) groups excluding carboxylic acids is 1. The molecule has 0 aliphatic rings. The summed E-state index contributed by atoms with van der Waals surface area (Å²) in [5.74, 6) is 0.564. The highest BCUT2D eigenvalue weighted by atomic mass is 35.5. The van der Waals surface area contributed by atoms with Gasteiger partial charge >= 0.3 is 0 Å². The third kappa shape index (κ3) is 6.38. The highest BCUT2D eigenvalue weighted by Gasteiger charge is 2.12. The van der Waals surface area contributed by atoms with Gasteiger partial charge < -0.3 is 14.8 Å². The van der Waals surface area contributed by atoms with Crippen LogP contribution in [-0.4, -0.2) is 13.0 Å². The van der Waals surface area contributed by atoms with Gasteiger partial charge in [0.15, 0.2) is 11.5 Å². The summed E-state index contributed by atoms with van der Waals surface area (Å²) in [7, 11) is 1.55. The molecule has 0 fully saturated rings. The Morgan fingerprint density at radius 1 is 1.03 bits per heavy atom. The number of benzene rings is 3. The smallest absolute Gasteiger partial charge is 0.266 e. The first kappa shape index (κ1) is 23.9. The van der Waals surface area contributed by atoms with Crippen molar-refractivity contribution < 1.29 is 14.3 Å². The number of carbonyl (C=O) groups is 1. The molecule has 0 atom stereocenters. The fourth-order valence-electron chi connectivity index (χ4n) is 3.39. The number of methoxy groups -OCH3 is 1. The standard InChI is InChI=1S/C27H25ClN2O3/c1-17-9-18(2)11-21(10-17)16-33-25-8-6-20(13-26(25)32-4)12-22(15-29)27(31)30-23-7-5-19(3)24(28)14-23/h5-14H,16H2,1-4H3,(H,30,31)/b22-12+. The Kier molecular flexibility index (Phi) is 7.76. The van der Waals surface area contributed by atoms with Crippen LogP contribution in [0.1, 0.15) is 27.8 Å². The molecule has 0 radical (unpaired) electrons. The maximum Gasteiger partial charge on any atom is 0.266 e. The number of anilines is 1. The maximum absolute atomic E-state index is 12.6. The van der Waals surface area contributed by atoms with Gasteiger partial charge in [-0.15, -0.1) is 0 Å². The highest BCUT2D eigenvalue weighted by Crippen LogP contribution is 2.30. The van der Waals surface area contributed by atoms with Crippen LogP contribution in [0.3, 0.4) is 0 Å². The topological polar surface area (TPSA) is 71.3 Å². The molecule has 0 bridgehead atoms. The highest BCUT2D eigenvalue weighted by molar-refractivity contribution is 6.31. The molecule has 3 aromatic carbocycles. The monoisotopic (exact) mass is 460 g/mol. The second-order valence-corrected chi connectivity index (χ2v) is 8.19.